The number of hydrogen-bond donors (Lipinski definition) is 2. The second kappa shape index (κ2) is 11.3. The summed E-state index contributed by atoms with van der Waals surface area (Å²) in [5.74, 6) is -0.310. The van der Waals surface area contributed by atoms with Crippen molar-refractivity contribution in [2.45, 2.75) is 57.5 Å². The summed E-state index contributed by atoms with van der Waals surface area (Å²) in [7, 11) is 1.86. The minimum atomic E-state index is -4.55. The van der Waals surface area contributed by atoms with Crippen LogP contribution in [-0.2, 0) is 12.0 Å². The number of likely N-dealkylation sites (tertiary alicyclic amines) is 1. The molecule has 0 unspecified atom stereocenters. The Labute approximate surface area is 225 Å². The van der Waals surface area contributed by atoms with E-state index in [-0.39, 0.29) is 24.7 Å². The largest absolute Gasteiger partial charge is 0.399 e. The molecule has 2 N–H and O–H groups in total. The number of aromatic nitrogens is 3. The number of nitrogens with one attached hydrogen (secondary N) is 2. The van der Waals surface area contributed by atoms with E-state index >= 15 is 0 Å². The van der Waals surface area contributed by atoms with Gasteiger partial charge < -0.3 is 15.5 Å². The maximum Gasteiger partial charge on any atom is 0.399 e. The number of aryl methyl sites for hydroxylation is 1. The maximum atomic E-state index is 14.8. The number of pyridine rings is 1. The molecule has 0 saturated carbocycles. The number of rotatable bonds is 8. The summed E-state index contributed by atoms with van der Waals surface area (Å²) in [5.41, 5.74) is -1.08. The summed E-state index contributed by atoms with van der Waals surface area (Å²) in [6, 6.07) is 6.27. The van der Waals surface area contributed by atoms with E-state index in [9.17, 15) is 22.4 Å². The average molecular weight is 547 g/mol. The zero-order valence-corrected chi connectivity index (χ0v) is 22.5. The molecule has 4 rings (SSSR count). The second-order valence-electron chi connectivity index (χ2n) is 10.4. The lowest BCUT2D eigenvalue weighted by Crippen LogP contribution is -2.46. The summed E-state index contributed by atoms with van der Waals surface area (Å²) in [6.45, 7) is 5.91. The number of hydrogen-bond acceptors (Lipinski definition) is 5. The topological polar surface area (TPSA) is 75.1 Å². The van der Waals surface area contributed by atoms with E-state index < -0.39 is 23.8 Å². The van der Waals surface area contributed by atoms with Crippen molar-refractivity contribution >= 4 is 28.4 Å². The summed E-state index contributed by atoms with van der Waals surface area (Å²) in [6.07, 6.45) is 1.23. The van der Waals surface area contributed by atoms with Crippen LogP contribution in [0.15, 0.2) is 42.7 Å². The summed E-state index contributed by atoms with van der Waals surface area (Å²) in [4.78, 5) is 18.7. The van der Waals surface area contributed by atoms with Gasteiger partial charge in [-0.15, -0.1) is 0 Å². The Hall–Kier alpha value is -3.47. The normalized spacial score (nSPS) is 19.1. The number of carbonyl (C=O) groups excluding carboxylic acids is 1. The van der Waals surface area contributed by atoms with Gasteiger partial charge in [0.2, 0.25) is 0 Å². The predicted molar refractivity (Wildman–Crippen MR) is 145 cm³/mol. The van der Waals surface area contributed by atoms with E-state index in [1.807, 2.05) is 18.9 Å². The van der Waals surface area contributed by atoms with E-state index in [1.165, 1.54) is 6.20 Å². The molecule has 7 nitrogen and oxygen atoms in total. The number of benzene rings is 1. The van der Waals surface area contributed by atoms with Crippen molar-refractivity contribution in [1.29, 1.82) is 0 Å². The molecular weight excluding hydrogens is 512 g/mol. The smallest absolute Gasteiger partial charge is 0.379 e. The van der Waals surface area contributed by atoms with Gasteiger partial charge in [-0.25, -0.2) is 4.39 Å². The monoisotopic (exact) mass is 546 g/mol. The number of fused-ring (bicyclic) bond motifs is 1. The molecule has 1 amide bonds. The molecule has 0 radical (unpaired) electrons. The molecule has 1 saturated heterocycles. The van der Waals surface area contributed by atoms with Crippen LogP contribution < -0.4 is 10.6 Å². The summed E-state index contributed by atoms with van der Waals surface area (Å²) in [5, 5.41) is 10.9. The van der Waals surface area contributed by atoms with Crippen LogP contribution in [0.4, 0.5) is 23.2 Å². The first-order chi connectivity index (χ1) is 18.4. The third kappa shape index (κ3) is 6.24. The van der Waals surface area contributed by atoms with Crippen LogP contribution in [0.25, 0.3) is 16.8 Å². The lowest BCUT2D eigenvalue weighted by Gasteiger charge is -2.34. The molecule has 1 aliphatic rings. The van der Waals surface area contributed by atoms with E-state index in [1.54, 1.807) is 47.3 Å². The fourth-order valence-corrected chi connectivity index (χ4v) is 4.62. The summed E-state index contributed by atoms with van der Waals surface area (Å²) >= 11 is 0. The standard InChI is InChI=1S/C28H34F4N6O/c1-5-38-16-18(15-34-38)26(39)33-12-7-8-19-14-21-20(25(35-19)27(2,3)28(30,31)32)9-6-10-23(21)36-24-11-13-37(4)17-22(24)29/h6-10,14-16,22,24,36H,5,11-13,17H2,1-4H3,(H,33,39)/b8-7+/t22-,24+/m0/s1. The van der Waals surface area contributed by atoms with Gasteiger partial charge in [-0.2, -0.15) is 18.3 Å². The van der Waals surface area contributed by atoms with Crippen LogP contribution in [0, 0.1) is 0 Å². The average Bonchev–Trinajstić information content (AvgIpc) is 3.37. The van der Waals surface area contributed by atoms with Crippen LogP contribution in [0.2, 0.25) is 0 Å². The molecule has 1 aromatic carbocycles. The molecule has 0 bridgehead atoms. The van der Waals surface area contributed by atoms with Gasteiger partial charge in [-0.05, 0) is 52.4 Å². The van der Waals surface area contributed by atoms with Crippen molar-refractivity contribution in [2.75, 3.05) is 32.0 Å². The highest BCUT2D eigenvalue weighted by Crippen LogP contribution is 2.43. The van der Waals surface area contributed by atoms with Crippen molar-refractivity contribution in [2.24, 2.45) is 0 Å². The maximum absolute atomic E-state index is 14.8. The van der Waals surface area contributed by atoms with Gasteiger partial charge in [-0.3, -0.25) is 14.5 Å². The number of amides is 1. The highest BCUT2D eigenvalue weighted by molar-refractivity contribution is 5.97. The van der Waals surface area contributed by atoms with Crippen molar-refractivity contribution < 1.29 is 22.4 Å². The summed E-state index contributed by atoms with van der Waals surface area (Å²) < 4.78 is 58.8. The van der Waals surface area contributed by atoms with Gasteiger partial charge in [0.1, 0.15) is 11.6 Å². The van der Waals surface area contributed by atoms with Gasteiger partial charge in [-0.1, -0.05) is 18.2 Å². The first kappa shape index (κ1) is 28.5. The predicted octanol–water partition coefficient (Wildman–Crippen LogP) is 5.19. The van der Waals surface area contributed by atoms with Gasteiger partial charge in [0.05, 0.1) is 29.2 Å². The van der Waals surface area contributed by atoms with Gasteiger partial charge >= 0.3 is 6.18 Å². The van der Waals surface area contributed by atoms with Gasteiger partial charge in [0.25, 0.3) is 5.91 Å². The molecule has 0 spiro atoms. The van der Waals surface area contributed by atoms with E-state index in [0.717, 1.165) is 20.4 Å². The van der Waals surface area contributed by atoms with Crippen molar-refractivity contribution in [3.05, 3.63) is 59.7 Å². The minimum absolute atomic E-state index is 0.119. The highest BCUT2D eigenvalue weighted by Gasteiger charge is 2.50. The molecule has 1 fully saturated rings. The molecule has 0 aliphatic carbocycles. The Bertz CT molecular complexity index is 1350. The third-order valence-electron chi connectivity index (χ3n) is 7.17. The molecule has 2 atom stereocenters. The molecule has 2 aromatic heterocycles. The SMILES string of the molecule is CCn1cc(C(=O)NC/C=C/c2cc3c(N[C@@H]4CCN(C)C[C@@H]4F)cccc3c(C(C)(C)C(F)(F)F)n2)cn1. The molecule has 3 heterocycles. The minimum Gasteiger partial charge on any atom is -0.379 e. The Morgan fingerprint density at radius 2 is 2.00 bits per heavy atom. The fraction of sp³-hybridized carbons (Fsp3) is 0.464. The van der Waals surface area contributed by atoms with Crippen LogP contribution >= 0.6 is 0 Å². The number of alkyl halides is 4. The number of nitrogens with zero attached hydrogens (tertiary/aromatic N) is 4. The molecule has 1 aliphatic heterocycles. The van der Waals surface area contributed by atoms with Gasteiger partial charge in [0.15, 0.2) is 0 Å². The third-order valence-corrected chi connectivity index (χ3v) is 7.17. The molecule has 11 heteroatoms. The molecule has 39 heavy (non-hydrogen) atoms. The zero-order chi connectivity index (χ0) is 28.4. The lowest BCUT2D eigenvalue weighted by atomic mass is 9.84. The lowest BCUT2D eigenvalue weighted by molar-refractivity contribution is -0.180. The van der Waals surface area contributed by atoms with Crippen molar-refractivity contribution in [3.63, 3.8) is 0 Å². The van der Waals surface area contributed by atoms with Crippen molar-refractivity contribution in [1.82, 2.24) is 25.0 Å². The molecule has 210 valence electrons. The Morgan fingerprint density at radius 1 is 1.23 bits per heavy atom. The van der Waals surface area contributed by atoms with Crippen LogP contribution in [-0.4, -0.2) is 70.6 Å². The van der Waals surface area contributed by atoms with E-state index in [2.05, 4.69) is 20.7 Å². The van der Waals surface area contributed by atoms with Crippen LogP contribution in [0.5, 0.6) is 0 Å². The van der Waals surface area contributed by atoms with E-state index in [0.29, 0.717) is 40.7 Å². The molecule has 3 aromatic rings. The number of halogens is 4. The second-order valence-corrected chi connectivity index (χ2v) is 10.4. The van der Waals surface area contributed by atoms with Crippen LogP contribution in [0.3, 0.4) is 0 Å². The van der Waals surface area contributed by atoms with Crippen molar-refractivity contribution in [3.8, 4) is 0 Å². The van der Waals surface area contributed by atoms with Gasteiger partial charge in [0, 0.05) is 48.8 Å². The first-order valence-corrected chi connectivity index (χ1v) is 13.0. The Balaban J connectivity index is 1.65. The van der Waals surface area contributed by atoms with E-state index in [4.69, 9.17) is 0 Å². The number of carbonyl (C=O) groups is 1. The van der Waals surface area contributed by atoms with Crippen LogP contribution in [0.1, 0.15) is 48.9 Å². The number of piperidine rings is 1. The molecular formula is C28H34F4N6O. The number of anilines is 1. The Kier molecular flexibility index (Phi) is 8.29. The highest BCUT2D eigenvalue weighted by atomic mass is 19.4. The first-order valence-electron chi connectivity index (χ1n) is 13.0. The fourth-order valence-electron chi connectivity index (χ4n) is 4.62. The quantitative estimate of drug-likeness (QED) is 0.381. The Morgan fingerprint density at radius 3 is 2.67 bits per heavy atom. The zero-order valence-electron chi connectivity index (χ0n) is 22.5.